The topological polar surface area (TPSA) is 38.8 Å². The number of alkyl halides is 6. The molecular formula is C16H17F6NO3. The van der Waals surface area contributed by atoms with Gasteiger partial charge in [-0.25, -0.2) is 0 Å². The fraction of sp³-hybridized carbons (Fsp3) is 0.562. The molecular weight excluding hydrogens is 368 g/mol. The summed E-state index contributed by atoms with van der Waals surface area (Å²) in [7, 11) is 0.867. The monoisotopic (exact) mass is 385 g/mol. The number of hydrogen-bond acceptors (Lipinski definition) is 4. The minimum Gasteiger partial charge on any atom is -0.469 e. The Bertz CT molecular complexity index is 631. The van der Waals surface area contributed by atoms with Crippen molar-refractivity contribution in [3.8, 4) is 0 Å². The Morgan fingerprint density at radius 1 is 1.31 bits per heavy atom. The van der Waals surface area contributed by atoms with Gasteiger partial charge in [0.05, 0.1) is 25.4 Å². The molecule has 1 aliphatic rings. The van der Waals surface area contributed by atoms with Crippen LogP contribution in [0.25, 0.3) is 0 Å². The second kappa shape index (κ2) is 7.83. The minimum atomic E-state index is -4.78. The molecule has 1 aliphatic heterocycles. The van der Waals surface area contributed by atoms with Gasteiger partial charge >= 0.3 is 18.3 Å². The third kappa shape index (κ3) is 5.10. The van der Waals surface area contributed by atoms with Crippen molar-refractivity contribution in [1.82, 2.24) is 4.90 Å². The van der Waals surface area contributed by atoms with Crippen LogP contribution in [0.3, 0.4) is 0 Å². The maximum absolute atomic E-state index is 13.0. The molecule has 0 N–H and O–H groups in total. The molecule has 1 saturated heterocycles. The Labute approximate surface area is 145 Å². The molecule has 0 bridgehead atoms. The van der Waals surface area contributed by atoms with Crippen LogP contribution in [0.2, 0.25) is 0 Å². The van der Waals surface area contributed by atoms with Crippen LogP contribution < -0.4 is 0 Å². The molecule has 2 rings (SSSR count). The molecule has 2 atom stereocenters. The van der Waals surface area contributed by atoms with E-state index < -0.39 is 42.5 Å². The van der Waals surface area contributed by atoms with Gasteiger partial charge < -0.3 is 9.47 Å². The van der Waals surface area contributed by atoms with Crippen LogP contribution in [0.15, 0.2) is 24.3 Å². The largest absolute Gasteiger partial charge is 0.469 e. The Morgan fingerprint density at radius 3 is 2.58 bits per heavy atom. The van der Waals surface area contributed by atoms with Gasteiger partial charge in [-0.1, -0.05) is 12.1 Å². The predicted octanol–water partition coefficient (Wildman–Crippen LogP) is 3.43. The smallest absolute Gasteiger partial charge is 0.416 e. The number of ether oxygens (including phenoxy) is 2. The number of morpholine rings is 1. The lowest BCUT2D eigenvalue weighted by molar-refractivity contribution is -0.201. The normalized spacial score (nSPS) is 20.7. The highest BCUT2D eigenvalue weighted by atomic mass is 19.4. The molecule has 0 aromatic heterocycles. The van der Waals surface area contributed by atoms with Gasteiger partial charge in [-0.15, -0.1) is 0 Å². The van der Waals surface area contributed by atoms with Crippen LogP contribution in [-0.4, -0.2) is 50.4 Å². The summed E-state index contributed by atoms with van der Waals surface area (Å²) >= 11 is 0. The van der Waals surface area contributed by atoms with Gasteiger partial charge in [0, 0.05) is 19.6 Å². The van der Waals surface area contributed by atoms with Gasteiger partial charge in [0.15, 0.2) is 5.92 Å². The average molecular weight is 385 g/mol. The quantitative estimate of drug-likeness (QED) is 0.588. The highest BCUT2D eigenvalue weighted by Crippen LogP contribution is 2.33. The van der Waals surface area contributed by atoms with Crippen molar-refractivity contribution in [2.75, 3.05) is 33.4 Å². The molecule has 0 unspecified atom stereocenters. The fourth-order valence-electron chi connectivity index (χ4n) is 2.70. The Kier molecular flexibility index (Phi) is 6.17. The number of carbonyl (C=O) groups excluding carboxylic acids is 1. The van der Waals surface area contributed by atoms with Crippen molar-refractivity contribution < 1.29 is 40.6 Å². The number of carbonyl (C=O) groups is 1. The third-order valence-corrected chi connectivity index (χ3v) is 4.06. The van der Waals surface area contributed by atoms with E-state index in [1.807, 2.05) is 0 Å². The van der Waals surface area contributed by atoms with Gasteiger partial charge in [0.25, 0.3) is 0 Å². The zero-order chi connectivity index (χ0) is 19.5. The van der Waals surface area contributed by atoms with E-state index in [4.69, 9.17) is 4.74 Å². The first kappa shape index (κ1) is 20.5. The zero-order valence-corrected chi connectivity index (χ0v) is 13.7. The molecule has 26 heavy (non-hydrogen) atoms. The highest BCUT2D eigenvalue weighted by Gasteiger charge is 2.47. The van der Waals surface area contributed by atoms with Crippen LogP contribution in [0, 0.1) is 5.92 Å². The van der Waals surface area contributed by atoms with E-state index in [-0.39, 0.29) is 25.3 Å². The number of benzene rings is 1. The van der Waals surface area contributed by atoms with E-state index in [9.17, 15) is 31.1 Å². The van der Waals surface area contributed by atoms with Crippen molar-refractivity contribution >= 4 is 5.97 Å². The fourth-order valence-corrected chi connectivity index (χ4v) is 2.70. The predicted molar refractivity (Wildman–Crippen MR) is 78.1 cm³/mol. The first-order valence-corrected chi connectivity index (χ1v) is 7.68. The van der Waals surface area contributed by atoms with Crippen LogP contribution in [0.5, 0.6) is 0 Å². The van der Waals surface area contributed by atoms with Crippen molar-refractivity contribution in [3.05, 3.63) is 35.4 Å². The molecule has 1 fully saturated rings. The maximum atomic E-state index is 13.0. The number of esters is 1. The standard InChI is InChI=1S/C16H17F6NO3/c1-25-14(24)12(16(20,21)22)8-23-5-6-26-13(9-23)10-3-2-4-11(7-10)15(17,18)19/h2-4,7,12-13H,5-6,8-9H2,1H3/t12-,13-/m0/s1. The molecule has 4 nitrogen and oxygen atoms in total. The molecule has 146 valence electrons. The summed E-state index contributed by atoms with van der Waals surface area (Å²) in [6.07, 6.45) is -10.1. The minimum absolute atomic E-state index is 0.0344. The summed E-state index contributed by atoms with van der Waals surface area (Å²) in [5.41, 5.74) is -0.649. The Hall–Kier alpha value is -1.81. The van der Waals surface area contributed by atoms with E-state index >= 15 is 0 Å². The molecule has 1 aromatic carbocycles. The van der Waals surface area contributed by atoms with Crippen LogP contribution in [-0.2, 0) is 20.4 Å². The molecule has 0 aliphatic carbocycles. The molecule has 1 heterocycles. The SMILES string of the molecule is COC(=O)[C@H](CN1CCO[C@H](c2cccc(C(F)(F)F)c2)C1)C(F)(F)F. The van der Waals surface area contributed by atoms with Gasteiger partial charge in [0.1, 0.15) is 0 Å². The van der Waals surface area contributed by atoms with Gasteiger partial charge in [-0.3, -0.25) is 9.69 Å². The molecule has 0 radical (unpaired) electrons. The lowest BCUT2D eigenvalue weighted by Gasteiger charge is -2.35. The van der Waals surface area contributed by atoms with E-state index in [0.29, 0.717) is 0 Å². The van der Waals surface area contributed by atoms with Gasteiger partial charge in [0.2, 0.25) is 0 Å². The number of rotatable bonds is 4. The molecule has 0 spiro atoms. The van der Waals surface area contributed by atoms with Crippen LogP contribution in [0.4, 0.5) is 26.3 Å². The van der Waals surface area contributed by atoms with E-state index in [1.54, 1.807) is 0 Å². The number of hydrogen-bond donors (Lipinski definition) is 0. The van der Waals surface area contributed by atoms with Crippen LogP contribution >= 0.6 is 0 Å². The first-order chi connectivity index (χ1) is 12.0. The lowest BCUT2D eigenvalue weighted by atomic mass is 10.0. The average Bonchev–Trinajstić information content (AvgIpc) is 2.57. The van der Waals surface area contributed by atoms with E-state index in [0.717, 1.165) is 19.2 Å². The van der Waals surface area contributed by atoms with Crippen molar-refractivity contribution in [2.24, 2.45) is 5.92 Å². The third-order valence-electron chi connectivity index (χ3n) is 4.06. The highest BCUT2D eigenvalue weighted by molar-refractivity contribution is 5.73. The maximum Gasteiger partial charge on any atom is 0.416 e. The first-order valence-electron chi connectivity index (χ1n) is 7.68. The summed E-state index contributed by atoms with van der Waals surface area (Å²) in [6.45, 7) is -0.550. The Balaban J connectivity index is 2.13. The van der Waals surface area contributed by atoms with Crippen molar-refractivity contribution in [2.45, 2.75) is 18.5 Å². The molecule has 0 amide bonds. The summed E-state index contributed by atoms with van der Waals surface area (Å²) in [4.78, 5) is 12.8. The number of halogens is 6. The number of methoxy groups -OCH3 is 1. The Morgan fingerprint density at radius 2 is 2.00 bits per heavy atom. The zero-order valence-electron chi connectivity index (χ0n) is 13.7. The molecule has 1 aromatic rings. The summed E-state index contributed by atoms with van der Waals surface area (Å²) < 4.78 is 87.2. The van der Waals surface area contributed by atoms with E-state index in [1.165, 1.54) is 17.0 Å². The van der Waals surface area contributed by atoms with Crippen LogP contribution in [0.1, 0.15) is 17.2 Å². The number of nitrogens with zero attached hydrogens (tertiary/aromatic N) is 1. The van der Waals surface area contributed by atoms with Gasteiger partial charge in [-0.2, -0.15) is 26.3 Å². The van der Waals surface area contributed by atoms with Crippen molar-refractivity contribution in [1.29, 1.82) is 0 Å². The molecule has 0 saturated carbocycles. The summed E-state index contributed by atoms with van der Waals surface area (Å²) in [5, 5.41) is 0. The second-order valence-electron chi connectivity index (χ2n) is 5.86. The van der Waals surface area contributed by atoms with Gasteiger partial charge in [-0.05, 0) is 17.7 Å². The summed E-state index contributed by atoms with van der Waals surface area (Å²) in [6, 6.07) is 4.45. The summed E-state index contributed by atoms with van der Waals surface area (Å²) in [5.74, 6) is -3.73. The lowest BCUT2D eigenvalue weighted by Crippen LogP contribution is -2.46. The van der Waals surface area contributed by atoms with E-state index in [2.05, 4.69) is 4.74 Å². The molecule has 10 heteroatoms. The second-order valence-corrected chi connectivity index (χ2v) is 5.86. The van der Waals surface area contributed by atoms with Crippen molar-refractivity contribution in [3.63, 3.8) is 0 Å².